The summed E-state index contributed by atoms with van der Waals surface area (Å²) in [6.07, 6.45) is -31.2. The van der Waals surface area contributed by atoms with E-state index in [2.05, 4.69) is 0 Å². The lowest BCUT2D eigenvalue weighted by Crippen LogP contribution is -2.61. The minimum atomic E-state index is -1.91. The van der Waals surface area contributed by atoms with E-state index in [9.17, 15) is 76.6 Å². The maximum absolute atomic E-state index is 11.4. The lowest BCUT2D eigenvalue weighted by molar-refractivity contribution is -0.342. The molecule has 17 N–H and O–H groups in total. The van der Waals surface area contributed by atoms with Crippen molar-refractivity contribution in [3.05, 3.63) is 0 Å². The number of aliphatic hydroxyl groups is 15. The highest BCUT2D eigenvalue weighted by Crippen LogP contribution is 2.27. The largest absolute Gasteiger partial charge is 0.394 e. The van der Waals surface area contributed by atoms with Crippen LogP contribution in [0.25, 0.3) is 0 Å². The average molecular weight is 906 g/mol. The summed E-state index contributed by atoms with van der Waals surface area (Å²) in [4.78, 5) is 0. The Morgan fingerprint density at radius 1 is 0.525 bits per heavy atom. The highest BCUT2D eigenvalue weighted by atomic mass is 16.8. The van der Waals surface area contributed by atoms with Crippen LogP contribution in [0.2, 0.25) is 0 Å². The van der Waals surface area contributed by atoms with Crippen LogP contribution in [0.4, 0.5) is 0 Å². The Morgan fingerprint density at radius 2 is 0.967 bits per heavy atom. The summed E-state index contributed by atoms with van der Waals surface area (Å²) < 4.78 is 55.6. The molecule has 26 nitrogen and oxygen atoms in total. The average Bonchev–Trinajstić information content (AvgIpc) is 3.23. The second-order valence-electron chi connectivity index (χ2n) is 14.4. The van der Waals surface area contributed by atoms with Crippen LogP contribution in [-0.2, 0) is 47.4 Å². The van der Waals surface area contributed by atoms with E-state index < -0.39 is 189 Å². The number of methoxy groups -OCH3 is 1. The summed E-state index contributed by atoms with van der Waals surface area (Å²) in [6, 6.07) is -1.40. The molecule has 0 aliphatic carbocycles. The second-order valence-corrected chi connectivity index (χ2v) is 14.4. The van der Waals surface area contributed by atoms with Crippen molar-refractivity contribution in [1.82, 2.24) is 0 Å². The zero-order valence-electron chi connectivity index (χ0n) is 34.9. The van der Waals surface area contributed by atoms with Crippen LogP contribution in [-0.4, -0.2) is 272 Å². The maximum Gasteiger partial charge on any atom is 0.186 e. The molecule has 0 bridgehead atoms. The van der Waals surface area contributed by atoms with E-state index in [1.54, 1.807) is 0 Å². The van der Waals surface area contributed by atoms with Crippen molar-refractivity contribution in [2.24, 2.45) is 5.73 Å². The zero-order chi connectivity index (χ0) is 46.6. The molecule has 0 amide bonds. The van der Waals surface area contributed by atoms with Crippen LogP contribution < -0.4 is 5.73 Å². The molecule has 1 aliphatic rings. The lowest BCUT2D eigenvalue weighted by Gasteiger charge is -2.43. The number of ether oxygens (including phenoxy) is 10. The Balaban J connectivity index is 3.36. The maximum atomic E-state index is 11.4. The van der Waals surface area contributed by atoms with Gasteiger partial charge in [0.25, 0.3) is 0 Å². The summed E-state index contributed by atoms with van der Waals surface area (Å²) >= 11 is 0. The van der Waals surface area contributed by atoms with Crippen LogP contribution in [0, 0.1) is 0 Å². The monoisotopic (exact) mass is 905 g/mol. The molecular formula is C35H71NO25. The van der Waals surface area contributed by atoms with Gasteiger partial charge in [-0.1, -0.05) is 0 Å². The molecule has 1 aliphatic heterocycles. The lowest BCUT2D eigenvalue weighted by atomic mass is 9.99. The Kier molecular flexibility index (Phi) is 28.7. The molecule has 21 atom stereocenters. The third-order valence-electron chi connectivity index (χ3n) is 9.34. The van der Waals surface area contributed by atoms with Crippen molar-refractivity contribution >= 4 is 0 Å². The van der Waals surface area contributed by atoms with Gasteiger partial charge in [0, 0.05) is 7.11 Å². The number of rotatable bonds is 34. The fraction of sp³-hybridized carbons (Fsp3) is 1.00. The predicted octanol–water partition coefficient (Wildman–Crippen LogP) is -8.75. The molecular weight excluding hydrogens is 834 g/mol. The van der Waals surface area contributed by atoms with Gasteiger partial charge in [-0.3, -0.25) is 0 Å². The van der Waals surface area contributed by atoms with Crippen LogP contribution >= 0.6 is 0 Å². The van der Waals surface area contributed by atoms with Gasteiger partial charge < -0.3 is 130 Å². The standard InChI is InChI=1S/C35H71NO25/c1-15(44)23(8-39)56-31(19(36)13-53-32(20(47)6-37)57-24(9-40)16(2)45)54-14-22(49)34(58-25(10-41)17(3)46)55-18(4)26(11-42)59-33(21(48)7-38)61-30-27(12-43)60-35(52-5)29(51)28(30)50/h15-35,37-51H,6-14,36H2,1-5H3/t15-,16-,17-,18-,19+,20+,21+,22+,23?,24?,25?,26?,27?,28?,29?,30?,31?,32?,33?,34?,35?/m1/s1. The van der Waals surface area contributed by atoms with Crippen molar-refractivity contribution in [2.45, 2.75) is 157 Å². The zero-order valence-corrected chi connectivity index (χ0v) is 34.9. The van der Waals surface area contributed by atoms with Crippen molar-refractivity contribution in [3.8, 4) is 0 Å². The van der Waals surface area contributed by atoms with Crippen molar-refractivity contribution < 1.29 is 124 Å². The smallest absolute Gasteiger partial charge is 0.186 e. The van der Waals surface area contributed by atoms with Gasteiger partial charge in [0.2, 0.25) is 0 Å². The van der Waals surface area contributed by atoms with Gasteiger partial charge in [-0.15, -0.1) is 0 Å². The minimum Gasteiger partial charge on any atom is -0.394 e. The Bertz CT molecular complexity index is 1100. The normalized spacial score (nSPS) is 28.0. The van der Waals surface area contributed by atoms with Gasteiger partial charge in [0.05, 0.1) is 89.9 Å². The molecule has 0 aromatic carbocycles. The Hall–Kier alpha value is -1.04. The fourth-order valence-electron chi connectivity index (χ4n) is 5.45. The molecule has 0 saturated carbocycles. The molecule has 13 unspecified atom stereocenters. The molecule has 61 heavy (non-hydrogen) atoms. The molecule has 0 aromatic rings. The molecule has 0 radical (unpaired) electrons. The molecule has 0 spiro atoms. The Labute approximate surface area is 353 Å². The first kappa shape index (κ1) is 58.0. The summed E-state index contributed by atoms with van der Waals surface area (Å²) in [5.74, 6) is 0. The van der Waals surface area contributed by atoms with Gasteiger partial charge in [-0.25, -0.2) is 0 Å². The molecule has 1 heterocycles. The summed E-state index contributed by atoms with van der Waals surface area (Å²) in [6.45, 7) is -2.15. The number of hydrogen-bond donors (Lipinski definition) is 16. The summed E-state index contributed by atoms with van der Waals surface area (Å²) in [5, 5.41) is 152. The van der Waals surface area contributed by atoms with E-state index in [0.29, 0.717) is 0 Å². The van der Waals surface area contributed by atoms with Gasteiger partial charge in [-0.2, -0.15) is 0 Å². The first-order valence-corrected chi connectivity index (χ1v) is 19.6. The quantitative estimate of drug-likeness (QED) is 0.0267. The van der Waals surface area contributed by atoms with E-state index in [1.807, 2.05) is 0 Å². The highest BCUT2D eigenvalue weighted by molar-refractivity contribution is 4.91. The van der Waals surface area contributed by atoms with Gasteiger partial charge in [-0.05, 0) is 27.7 Å². The first-order chi connectivity index (χ1) is 28.8. The number of aliphatic hydroxyl groups excluding tert-OH is 15. The van der Waals surface area contributed by atoms with Crippen LogP contribution in [0.15, 0.2) is 0 Å². The topological polar surface area (TPSA) is 422 Å². The third-order valence-corrected chi connectivity index (χ3v) is 9.34. The Morgan fingerprint density at radius 3 is 1.41 bits per heavy atom. The summed E-state index contributed by atoms with van der Waals surface area (Å²) in [7, 11) is 1.17. The van der Waals surface area contributed by atoms with Crippen molar-refractivity contribution in [3.63, 3.8) is 0 Å². The predicted molar refractivity (Wildman–Crippen MR) is 200 cm³/mol. The van der Waals surface area contributed by atoms with E-state index in [0.717, 1.165) is 0 Å². The molecule has 0 aromatic heterocycles. The molecule has 1 saturated heterocycles. The van der Waals surface area contributed by atoms with Crippen LogP contribution in [0.1, 0.15) is 27.7 Å². The fourth-order valence-corrected chi connectivity index (χ4v) is 5.45. The molecule has 1 fully saturated rings. The van der Waals surface area contributed by atoms with E-state index in [-0.39, 0.29) is 0 Å². The van der Waals surface area contributed by atoms with Gasteiger partial charge in [0.1, 0.15) is 67.1 Å². The van der Waals surface area contributed by atoms with Gasteiger partial charge in [0.15, 0.2) is 31.5 Å². The minimum absolute atomic E-state index is 0.617. The number of nitrogens with two attached hydrogens (primary N) is 1. The molecule has 26 heteroatoms. The van der Waals surface area contributed by atoms with Crippen molar-refractivity contribution in [2.75, 3.05) is 66.6 Å². The van der Waals surface area contributed by atoms with E-state index in [1.165, 1.54) is 34.8 Å². The summed E-state index contributed by atoms with van der Waals surface area (Å²) in [5.41, 5.74) is 6.27. The first-order valence-electron chi connectivity index (χ1n) is 19.6. The number of hydrogen-bond acceptors (Lipinski definition) is 26. The van der Waals surface area contributed by atoms with E-state index >= 15 is 0 Å². The van der Waals surface area contributed by atoms with E-state index in [4.69, 9.17) is 53.1 Å². The van der Waals surface area contributed by atoms with Crippen LogP contribution in [0.3, 0.4) is 0 Å². The molecule has 1 rings (SSSR count). The SMILES string of the molecule is COC1OC(CO)C(OC(OC(CO)[C@@H](C)OC(OC(CO)[C@@H](C)O)[C@@H](O)COC(OC(CO)[C@@H](C)O)[C@@H](N)COC(OC(CO)[C@@H](C)O)[C@@H](O)CO)[C@@H](O)CO)C(O)C1O. The van der Waals surface area contributed by atoms with Crippen LogP contribution in [0.5, 0.6) is 0 Å². The second kappa shape index (κ2) is 30.2. The molecule has 366 valence electrons. The third kappa shape index (κ3) is 18.8. The van der Waals surface area contributed by atoms with Crippen molar-refractivity contribution in [1.29, 1.82) is 0 Å². The van der Waals surface area contributed by atoms with Gasteiger partial charge >= 0.3 is 0 Å². The highest BCUT2D eigenvalue weighted by Gasteiger charge is 2.47.